The highest BCUT2D eigenvalue weighted by Gasteiger charge is 2.21. The van der Waals surface area contributed by atoms with Crippen LogP contribution in [0.5, 0.6) is 0 Å². The lowest BCUT2D eigenvalue weighted by atomic mass is 10.0. The highest BCUT2D eigenvalue weighted by atomic mass is 16.2. The summed E-state index contributed by atoms with van der Waals surface area (Å²) in [5.74, 6) is 0.686. The van der Waals surface area contributed by atoms with Crippen molar-refractivity contribution in [3.63, 3.8) is 0 Å². The molecular weight excluding hydrogens is 350 g/mol. The van der Waals surface area contributed by atoms with Gasteiger partial charge in [0.05, 0.1) is 11.4 Å². The highest BCUT2D eigenvalue weighted by Crippen LogP contribution is 2.31. The number of aryl methyl sites for hydroxylation is 1. The third kappa shape index (κ3) is 3.39. The van der Waals surface area contributed by atoms with Crippen LogP contribution in [0.2, 0.25) is 0 Å². The molecule has 2 N–H and O–H groups in total. The molecule has 0 atom stereocenters. The van der Waals surface area contributed by atoms with Gasteiger partial charge in [0.25, 0.3) is 5.91 Å². The van der Waals surface area contributed by atoms with Gasteiger partial charge < -0.3 is 15.5 Å². The van der Waals surface area contributed by atoms with Crippen molar-refractivity contribution >= 4 is 11.7 Å². The molecular formula is C22H25N5O. The summed E-state index contributed by atoms with van der Waals surface area (Å²) in [6.07, 6.45) is 0. The first kappa shape index (κ1) is 18.3. The van der Waals surface area contributed by atoms with Crippen LogP contribution in [0.3, 0.4) is 0 Å². The lowest BCUT2D eigenvalue weighted by Crippen LogP contribution is -2.47. The van der Waals surface area contributed by atoms with E-state index >= 15 is 0 Å². The van der Waals surface area contributed by atoms with Gasteiger partial charge in [-0.2, -0.15) is 5.10 Å². The molecule has 1 fully saturated rings. The number of benzene rings is 2. The Morgan fingerprint density at radius 2 is 1.61 bits per heavy atom. The van der Waals surface area contributed by atoms with Crippen LogP contribution >= 0.6 is 0 Å². The largest absolute Gasteiger partial charge is 0.383 e. The number of nitrogen functional groups attached to an aromatic ring is 1. The molecule has 28 heavy (non-hydrogen) atoms. The molecule has 144 valence electrons. The molecule has 0 spiro atoms. The van der Waals surface area contributed by atoms with Crippen molar-refractivity contribution in [1.82, 2.24) is 19.6 Å². The van der Waals surface area contributed by atoms with Gasteiger partial charge in [-0.15, -0.1) is 0 Å². The minimum absolute atomic E-state index is 0.0873. The number of likely N-dealkylation sites (N-methyl/N-ethyl adjacent to an activating group) is 1. The van der Waals surface area contributed by atoms with E-state index in [1.165, 1.54) is 0 Å². The smallest absolute Gasteiger partial charge is 0.253 e. The number of rotatable bonds is 3. The maximum atomic E-state index is 12.7. The molecule has 4 rings (SSSR count). The molecule has 1 aliphatic heterocycles. The van der Waals surface area contributed by atoms with E-state index < -0.39 is 0 Å². The lowest BCUT2D eigenvalue weighted by Gasteiger charge is -2.32. The number of piperazine rings is 1. The number of amides is 1. The average Bonchev–Trinajstić information content (AvgIpc) is 3.03. The van der Waals surface area contributed by atoms with E-state index in [1.54, 1.807) is 4.68 Å². The second-order valence-corrected chi connectivity index (χ2v) is 7.27. The van der Waals surface area contributed by atoms with Crippen molar-refractivity contribution in [3.8, 4) is 16.8 Å². The van der Waals surface area contributed by atoms with E-state index in [1.807, 2.05) is 66.4 Å². The van der Waals surface area contributed by atoms with Crippen LogP contribution in [-0.4, -0.2) is 58.7 Å². The number of anilines is 1. The number of aromatic nitrogens is 2. The summed E-state index contributed by atoms with van der Waals surface area (Å²) in [6, 6.07) is 17.5. The highest BCUT2D eigenvalue weighted by molar-refractivity contribution is 5.95. The van der Waals surface area contributed by atoms with E-state index in [2.05, 4.69) is 17.0 Å². The minimum atomic E-state index is 0.0873. The Balaban J connectivity index is 1.59. The van der Waals surface area contributed by atoms with Gasteiger partial charge in [0.2, 0.25) is 0 Å². The first-order valence-electron chi connectivity index (χ1n) is 9.53. The first-order valence-corrected chi connectivity index (χ1v) is 9.53. The quantitative estimate of drug-likeness (QED) is 0.764. The number of hydrogen-bond donors (Lipinski definition) is 1. The van der Waals surface area contributed by atoms with Crippen molar-refractivity contribution in [1.29, 1.82) is 0 Å². The second-order valence-electron chi connectivity index (χ2n) is 7.27. The van der Waals surface area contributed by atoms with Gasteiger partial charge in [-0.05, 0) is 43.8 Å². The van der Waals surface area contributed by atoms with Crippen LogP contribution in [0, 0.1) is 6.92 Å². The number of nitrogens with zero attached hydrogens (tertiary/aromatic N) is 4. The Morgan fingerprint density at radius 1 is 0.964 bits per heavy atom. The number of carbonyl (C=O) groups excluding carboxylic acids is 1. The van der Waals surface area contributed by atoms with Crippen LogP contribution in [0.4, 0.5) is 5.82 Å². The van der Waals surface area contributed by atoms with Crippen LogP contribution < -0.4 is 5.73 Å². The Labute approximate surface area is 165 Å². The van der Waals surface area contributed by atoms with Crippen molar-refractivity contribution in [3.05, 3.63) is 65.9 Å². The number of nitrogens with two attached hydrogens (primary N) is 1. The van der Waals surface area contributed by atoms with Crippen molar-refractivity contribution < 1.29 is 4.79 Å². The molecule has 0 saturated carbocycles. The number of carbonyl (C=O) groups is 1. The van der Waals surface area contributed by atoms with E-state index in [-0.39, 0.29) is 5.91 Å². The topological polar surface area (TPSA) is 67.4 Å². The van der Waals surface area contributed by atoms with Gasteiger partial charge >= 0.3 is 0 Å². The zero-order chi connectivity index (χ0) is 19.7. The molecule has 6 nitrogen and oxygen atoms in total. The summed E-state index contributed by atoms with van der Waals surface area (Å²) in [7, 11) is 2.08. The van der Waals surface area contributed by atoms with Crippen LogP contribution in [0.25, 0.3) is 16.8 Å². The Bertz CT molecular complexity index is 970. The Hall–Kier alpha value is -3.12. The van der Waals surface area contributed by atoms with E-state index in [4.69, 9.17) is 5.73 Å². The molecule has 1 aromatic heterocycles. The van der Waals surface area contributed by atoms with Crippen molar-refractivity contribution in [2.75, 3.05) is 39.0 Å². The fourth-order valence-corrected chi connectivity index (χ4v) is 3.64. The molecule has 0 unspecified atom stereocenters. The molecule has 0 radical (unpaired) electrons. The second kappa shape index (κ2) is 7.48. The minimum Gasteiger partial charge on any atom is -0.383 e. The Morgan fingerprint density at radius 3 is 2.25 bits per heavy atom. The fraction of sp³-hybridized carbons (Fsp3) is 0.273. The number of para-hydroxylation sites is 1. The third-order valence-electron chi connectivity index (χ3n) is 5.31. The average molecular weight is 375 g/mol. The first-order chi connectivity index (χ1) is 13.5. The van der Waals surface area contributed by atoms with Gasteiger partial charge in [0, 0.05) is 37.3 Å². The van der Waals surface area contributed by atoms with Gasteiger partial charge in [-0.1, -0.05) is 30.3 Å². The standard InChI is InChI=1S/C22H25N5O/c1-16-20(21(23)27(24-16)19-6-4-3-5-7-19)17-8-10-18(11-9-17)22(28)26-14-12-25(2)13-15-26/h3-11H,12-15,23H2,1-2H3. The predicted octanol–water partition coefficient (Wildman–Crippen LogP) is 2.82. The third-order valence-corrected chi connectivity index (χ3v) is 5.31. The van der Waals surface area contributed by atoms with Gasteiger partial charge in [0.15, 0.2) is 0 Å². The normalized spacial score (nSPS) is 15.0. The molecule has 1 amide bonds. The molecule has 0 aliphatic carbocycles. The summed E-state index contributed by atoms with van der Waals surface area (Å²) in [5, 5.41) is 4.61. The fourth-order valence-electron chi connectivity index (χ4n) is 3.64. The van der Waals surface area contributed by atoms with Gasteiger partial charge in [-0.3, -0.25) is 4.79 Å². The number of hydrogen-bond acceptors (Lipinski definition) is 4. The van der Waals surface area contributed by atoms with Gasteiger partial charge in [0.1, 0.15) is 5.82 Å². The van der Waals surface area contributed by atoms with Crippen molar-refractivity contribution in [2.24, 2.45) is 0 Å². The van der Waals surface area contributed by atoms with E-state index in [9.17, 15) is 4.79 Å². The summed E-state index contributed by atoms with van der Waals surface area (Å²) in [5.41, 5.74) is 10.8. The predicted molar refractivity (Wildman–Crippen MR) is 112 cm³/mol. The van der Waals surface area contributed by atoms with E-state index in [0.29, 0.717) is 11.4 Å². The summed E-state index contributed by atoms with van der Waals surface area (Å²) >= 11 is 0. The summed E-state index contributed by atoms with van der Waals surface area (Å²) < 4.78 is 1.76. The maximum absolute atomic E-state index is 12.7. The van der Waals surface area contributed by atoms with E-state index in [0.717, 1.165) is 48.7 Å². The van der Waals surface area contributed by atoms with Crippen LogP contribution in [-0.2, 0) is 0 Å². The molecule has 0 bridgehead atoms. The van der Waals surface area contributed by atoms with Crippen molar-refractivity contribution in [2.45, 2.75) is 6.92 Å². The maximum Gasteiger partial charge on any atom is 0.253 e. The van der Waals surface area contributed by atoms with Crippen LogP contribution in [0.15, 0.2) is 54.6 Å². The molecule has 3 aromatic rings. The summed E-state index contributed by atoms with van der Waals surface area (Å²) in [6.45, 7) is 5.32. The molecule has 6 heteroatoms. The lowest BCUT2D eigenvalue weighted by molar-refractivity contribution is 0.0664. The van der Waals surface area contributed by atoms with Crippen LogP contribution in [0.1, 0.15) is 16.1 Å². The monoisotopic (exact) mass is 375 g/mol. The summed E-state index contributed by atoms with van der Waals surface area (Å²) in [4.78, 5) is 16.9. The molecule has 1 saturated heterocycles. The zero-order valence-corrected chi connectivity index (χ0v) is 16.3. The van der Waals surface area contributed by atoms with Gasteiger partial charge in [-0.25, -0.2) is 4.68 Å². The molecule has 2 heterocycles. The zero-order valence-electron chi connectivity index (χ0n) is 16.3. The molecule has 1 aliphatic rings. The molecule has 2 aromatic carbocycles. The SMILES string of the molecule is Cc1nn(-c2ccccc2)c(N)c1-c1ccc(C(=O)N2CCN(C)CC2)cc1. The Kier molecular flexibility index (Phi) is 4.88.